The molecule has 0 aromatic carbocycles. The lowest BCUT2D eigenvalue weighted by Crippen LogP contribution is -2.21. The van der Waals surface area contributed by atoms with Crippen molar-refractivity contribution < 1.29 is 0 Å². The van der Waals surface area contributed by atoms with Gasteiger partial charge in [-0.2, -0.15) is 5.10 Å². The van der Waals surface area contributed by atoms with Gasteiger partial charge in [0.25, 0.3) is 0 Å². The third-order valence-electron chi connectivity index (χ3n) is 3.89. The highest BCUT2D eigenvalue weighted by Crippen LogP contribution is 2.39. The van der Waals surface area contributed by atoms with Gasteiger partial charge in [-0.3, -0.25) is 4.68 Å². The lowest BCUT2D eigenvalue weighted by molar-refractivity contribution is 0.481. The molecule has 2 aromatic rings. The van der Waals surface area contributed by atoms with Crippen molar-refractivity contribution in [2.24, 2.45) is 0 Å². The van der Waals surface area contributed by atoms with E-state index >= 15 is 0 Å². The van der Waals surface area contributed by atoms with E-state index in [4.69, 9.17) is 11.6 Å². The molecular formula is C15H20ClN3S. The van der Waals surface area contributed by atoms with Crippen molar-refractivity contribution in [2.45, 2.75) is 45.7 Å². The number of aromatic nitrogens is 2. The van der Waals surface area contributed by atoms with E-state index < -0.39 is 0 Å². The van der Waals surface area contributed by atoms with Crippen LogP contribution in [0.25, 0.3) is 0 Å². The highest BCUT2D eigenvalue weighted by molar-refractivity contribution is 7.16. The second-order valence-electron chi connectivity index (χ2n) is 5.48. The summed E-state index contributed by atoms with van der Waals surface area (Å²) in [7, 11) is 0. The van der Waals surface area contributed by atoms with Crippen LogP contribution in [-0.4, -0.2) is 16.3 Å². The standard InChI is InChI=1S/C15H20ClN3S/c1-10-8-11(2)19(18-10)7-3-6-17-13-4-5-14-12(13)9-15(16)20-14/h8-9,13,17H,3-7H2,1-2H3. The van der Waals surface area contributed by atoms with Crippen molar-refractivity contribution >= 4 is 22.9 Å². The van der Waals surface area contributed by atoms with Gasteiger partial charge in [-0.1, -0.05) is 11.6 Å². The van der Waals surface area contributed by atoms with E-state index in [-0.39, 0.29) is 0 Å². The van der Waals surface area contributed by atoms with Gasteiger partial charge in [-0.05, 0) is 57.4 Å². The molecule has 0 saturated heterocycles. The van der Waals surface area contributed by atoms with Gasteiger partial charge in [0.05, 0.1) is 10.0 Å². The minimum atomic E-state index is 0.495. The molecule has 0 fully saturated rings. The molecule has 2 aromatic heterocycles. The normalized spacial score (nSPS) is 17.6. The monoisotopic (exact) mass is 309 g/mol. The van der Waals surface area contributed by atoms with Crippen LogP contribution in [0.1, 0.15) is 40.7 Å². The first-order valence-corrected chi connectivity index (χ1v) is 8.35. The molecule has 0 aliphatic heterocycles. The topological polar surface area (TPSA) is 29.9 Å². The number of nitrogens with zero attached hydrogens (tertiary/aromatic N) is 2. The number of hydrogen-bond donors (Lipinski definition) is 1. The van der Waals surface area contributed by atoms with Gasteiger partial charge in [0.2, 0.25) is 0 Å². The molecule has 2 heterocycles. The Morgan fingerprint density at radius 1 is 1.45 bits per heavy atom. The zero-order chi connectivity index (χ0) is 14.1. The molecule has 20 heavy (non-hydrogen) atoms. The maximum atomic E-state index is 6.08. The fourth-order valence-electron chi connectivity index (χ4n) is 2.95. The van der Waals surface area contributed by atoms with E-state index in [9.17, 15) is 0 Å². The van der Waals surface area contributed by atoms with Gasteiger partial charge in [0.1, 0.15) is 0 Å². The van der Waals surface area contributed by atoms with Gasteiger partial charge < -0.3 is 5.32 Å². The molecule has 1 unspecified atom stereocenters. The molecule has 0 spiro atoms. The Morgan fingerprint density at radius 3 is 3.05 bits per heavy atom. The maximum Gasteiger partial charge on any atom is 0.0934 e. The molecule has 1 atom stereocenters. The average molecular weight is 310 g/mol. The summed E-state index contributed by atoms with van der Waals surface area (Å²) in [5.41, 5.74) is 3.77. The molecule has 1 aliphatic rings. The Bertz CT molecular complexity index is 602. The van der Waals surface area contributed by atoms with Crippen LogP contribution in [-0.2, 0) is 13.0 Å². The number of aryl methyl sites for hydroxylation is 4. The second-order valence-corrected chi connectivity index (χ2v) is 7.25. The van der Waals surface area contributed by atoms with Crippen molar-refractivity contribution in [3.8, 4) is 0 Å². The summed E-state index contributed by atoms with van der Waals surface area (Å²) in [6.07, 6.45) is 3.48. The molecular weight excluding hydrogens is 290 g/mol. The Hall–Kier alpha value is -0.840. The number of hydrogen-bond acceptors (Lipinski definition) is 3. The van der Waals surface area contributed by atoms with Gasteiger partial charge in [-0.25, -0.2) is 0 Å². The first-order valence-electron chi connectivity index (χ1n) is 7.16. The van der Waals surface area contributed by atoms with E-state index in [1.807, 2.05) is 6.92 Å². The van der Waals surface area contributed by atoms with Crippen molar-refractivity contribution in [1.82, 2.24) is 15.1 Å². The predicted molar refractivity (Wildman–Crippen MR) is 84.7 cm³/mol. The molecule has 1 aliphatic carbocycles. The van der Waals surface area contributed by atoms with E-state index in [0.717, 1.165) is 29.5 Å². The first-order chi connectivity index (χ1) is 9.63. The van der Waals surface area contributed by atoms with Gasteiger partial charge in [0, 0.05) is 23.2 Å². The minimum Gasteiger partial charge on any atom is -0.310 e. The smallest absolute Gasteiger partial charge is 0.0934 e. The maximum absolute atomic E-state index is 6.08. The second kappa shape index (κ2) is 5.88. The first kappa shape index (κ1) is 14.1. The molecule has 0 saturated carbocycles. The van der Waals surface area contributed by atoms with Crippen LogP contribution in [0.5, 0.6) is 0 Å². The largest absolute Gasteiger partial charge is 0.310 e. The Balaban J connectivity index is 1.48. The lowest BCUT2D eigenvalue weighted by Gasteiger charge is -2.13. The Morgan fingerprint density at radius 2 is 2.30 bits per heavy atom. The molecule has 0 radical (unpaired) electrons. The van der Waals surface area contributed by atoms with Crippen molar-refractivity contribution in [3.05, 3.63) is 38.3 Å². The van der Waals surface area contributed by atoms with E-state index in [1.54, 1.807) is 11.3 Å². The minimum absolute atomic E-state index is 0.495. The molecule has 0 bridgehead atoms. The molecule has 0 amide bonds. The molecule has 108 valence electrons. The van der Waals surface area contributed by atoms with E-state index in [2.05, 4.69) is 34.2 Å². The summed E-state index contributed by atoms with van der Waals surface area (Å²) < 4.78 is 3.02. The number of halogens is 1. The van der Waals surface area contributed by atoms with Crippen LogP contribution >= 0.6 is 22.9 Å². The lowest BCUT2D eigenvalue weighted by atomic mass is 10.2. The van der Waals surface area contributed by atoms with Crippen molar-refractivity contribution in [2.75, 3.05) is 6.54 Å². The quantitative estimate of drug-likeness (QED) is 0.849. The summed E-state index contributed by atoms with van der Waals surface area (Å²) in [5.74, 6) is 0. The molecule has 1 N–H and O–H groups in total. The molecule has 3 rings (SSSR count). The number of nitrogens with one attached hydrogen (secondary N) is 1. The van der Waals surface area contributed by atoms with Crippen molar-refractivity contribution in [1.29, 1.82) is 0 Å². The van der Waals surface area contributed by atoms with Gasteiger partial charge in [-0.15, -0.1) is 11.3 Å². The predicted octanol–water partition coefficient (Wildman–Crippen LogP) is 3.88. The fraction of sp³-hybridized carbons (Fsp3) is 0.533. The van der Waals surface area contributed by atoms with Crippen molar-refractivity contribution in [3.63, 3.8) is 0 Å². The van der Waals surface area contributed by atoms with Gasteiger partial charge in [0.15, 0.2) is 0 Å². The summed E-state index contributed by atoms with van der Waals surface area (Å²) in [6.45, 7) is 6.17. The van der Waals surface area contributed by atoms with Crippen LogP contribution in [0.4, 0.5) is 0 Å². The van der Waals surface area contributed by atoms with Crippen LogP contribution < -0.4 is 5.32 Å². The number of rotatable bonds is 5. The molecule has 3 nitrogen and oxygen atoms in total. The Labute approximate surface area is 129 Å². The highest BCUT2D eigenvalue weighted by atomic mass is 35.5. The zero-order valence-corrected chi connectivity index (χ0v) is 13.5. The van der Waals surface area contributed by atoms with Crippen LogP contribution in [0.15, 0.2) is 12.1 Å². The summed E-state index contributed by atoms with van der Waals surface area (Å²) in [6, 6.07) is 4.76. The van der Waals surface area contributed by atoms with Crippen LogP contribution in [0.2, 0.25) is 4.34 Å². The third-order valence-corrected chi connectivity index (χ3v) is 5.23. The number of fused-ring (bicyclic) bond motifs is 1. The SMILES string of the molecule is Cc1cc(C)n(CCCNC2CCc3sc(Cl)cc32)n1. The van der Waals surface area contributed by atoms with E-state index in [0.29, 0.717) is 6.04 Å². The summed E-state index contributed by atoms with van der Waals surface area (Å²) in [4.78, 5) is 1.46. The van der Waals surface area contributed by atoms with E-state index in [1.165, 1.54) is 29.0 Å². The van der Waals surface area contributed by atoms with Gasteiger partial charge >= 0.3 is 0 Å². The third kappa shape index (κ3) is 2.92. The molecule has 5 heteroatoms. The van der Waals surface area contributed by atoms with Crippen LogP contribution in [0.3, 0.4) is 0 Å². The summed E-state index contributed by atoms with van der Waals surface area (Å²) in [5, 5.41) is 8.15. The zero-order valence-electron chi connectivity index (χ0n) is 11.9. The van der Waals surface area contributed by atoms with Crippen LogP contribution in [0, 0.1) is 13.8 Å². The average Bonchev–Trinajstić information content (AvgIpc) is 3.01. The highest BCUT2D eigenvalue weighted by Gasteiger charge is 2.24. The number of thiophene rings is 1. The Kier molecular flexibility index (Phi) is 4.15. The fourth-order valence-corrected chi connectivity index (χ4v) is 4.31. The summed E-state index contributed by atoms with van der Waals surface area (Å²) >= 11 is 7.82.